The number of hydrogen-bond donors (Lipinski definition) is 1. The Bertz CT molecular complexity index is 348. The number of halogens is 4. The van der Waals surface area contributed by atoms with Gasteiger partial charge >= 0.3 is 12.3 Å². The molecule has 1 rings (SSSR count). The lowest BCUT2D eigenvalue weighted by Gasteiger charge is -2.17. The average Bonchev–Trinajstić information content (AvgIpc) is 2.29. The summed E-state index contributed by atoms with van der Waals surface area (Å²) in [4.78, 5) is 3.77. The number of pyridine rings is 1. The molecule has 1 heterocycles. The van der Waals surface area contributed by atoms with E-state index >= 15 is 0 Å². The van der Waals surface area contributed by atoms with Crippen molar-refractivity contribution in [1.82, 2.24) is 4.98 Å². The van der Waals surface area contributed by atoms with Crippen LogP contribution in [-0.4, -0.2) is 41.8 Å². The molecule has 1 unspecified atom stereocenters. The van der Waals surface area contributed by atoms with E-state index in [1.165, 1.54) is 12.4 Å². The third kappa shape index (κ3) is 4.97. The van der Waals surface area contributed by atoms with Gasteiger partial charge in [0.1, 0.15) is 6.61 Å². The van der Waals surface area contributed by atoms with Crippen LogP contribution in [0.2, 0.25) is 0 Å². The zero-order chi connectivity index (χ0) is 13.6. The number of ether oxygens (including phenoxy) is 1. The Balaban J connectivity index is 2.28. The third-order valence-electron chi connectivity index (χ3n) is 2.14. The number of aliphatic hydroxyl groups excluding tert-OH is 1. The van der Waals surface area contributed by atoms with Gasteiger partial charge in [-0.3, -0.25) is 4.98 Å². The van der Waals surface area contributed by atoms with Gasteiger partial charge in [-0.1, -0.05) is 0 Å². The van der Waals surface area contributed by atoms with Crippen LogP contribution in [0.3, 0.4) is 0 Å². The number of aromatic nitrogens is 1. The zero-order valence-electron chi connectivity index (χ0n) is 9.40. The van der Waals surface area contributed by atoms with Crippen molar-refractivity contribution >= 4 is 0 Å². The maximum Gasteiger partial charge on any atom is 0.330 e. The third-order valence-corrected chi connectivity index (χ3v) is 2.14. The molecule has 1 atom stereocenters. The first-order chi connectivity index (χ1) is 8.42. The highest BCUT2D eigenvalue weighted by molar-refractivity contribution is 5.10. The maximum absolute atomic E-state index is 12.5. The van der Waals surface area contributed by atoms with Crippen LogP contribution >= 0.6 is 0 Å². The van der Waals surface area contributed by atoms with Gasteiger partial charge in [-0.2, -0.15) is 8.78 Å². The molecule has 0 aliphatic carbocycles. The lowest BCUT2D eigenvalue weighted by Crippen LogP contribution is -2.34. The molecule has 0 saturated heterocycles. The van der Waals surface area contributed by atoms with Gasteiger partial charge in [0.05, 0.1) is 12.7 Å². The Kier molecular flexibility index (Phi) is 5.49. The van der Waals surface area contributed by atoms with Gasteiger partial charge in [0, 0.05) is 18.8 Å². The molecule has 3 nitrogen and oxygen atoms in total. The van der Waals surface area contributed by atoms with Crippen LogP contribution < -0.4 is 0 Å². The summed E-state index contributed by atoms with van der Waals surface area (Å²) in [5, 5.41) is 9.46. The van der Waals surface area contributed by atoms with Crippen LogP contribution in [0.4, 0.5) is 17.6 Å². The Morgan fingerprint density at radius 3 is 2.44 bits per heavy atom. The van der Waals surface area contributed by atoms with Crippen LogP contribution in [0, 0.1) is 0 Å². The van der Waals surface area contributed by atoms with Crippen molar-refractivity contribution in [1.29, 1.82) is 0 Å². The molecule has 1 N–H and O–H groups in total. The highest BCUT2D eigenvalue weighted by Crippen LogP contribution is 2.22. The van der Waals surface area contributed by atoms with Gasteiger partial charge in [-0.15, -0.1) is 0 Å². The number of hydrogen-bond acceptors (Lipinski definition) is 3. The van der Waals surface area contributed by atoms with Gasteiger partial charge < -0.3 is 9.84 Å². The van der Waals surface area contributed by atoms with Crippen LogP contribution in [-0.2, 0) is 11.2 Å². The Morgan fingerprint density at radius 1 is 1.28 bits per heavy atom. The lowest BCUT2D eigenvalue weighted by atomic mass is 10.1. The molecule has 0 amide bonds. The average molecular weight is 267 g/mol. The van der Waals surface area contributed by atoms with Crippen molar-refractivity contribution in [2.75, 3.05) is 13.2 Å². The summed E-state index contributed by atoms with van der Waals surface area (Å²) in [6, 6.07) is 3.30. The summed E-state index contributed by atoms with van der Waals surface area (Å²) < 4.78 is 52.9. The lowest BCUT2D eigenvalue weighted by molar-refractivity contribution is -0.170. The highest BCUT2D eigenvalue weighted by Gasteiger charge is 2.41. The first kappa shape index (κ1) is 14.8. The van der Waals surface area contributed by atoms with Gasteiger partial charge in [0.15, 0.2) is 0 Å². The Labute approximate surface area is 101 Å². The molecule has 0 saturated carbocycles. The van der Waals surface area contributed by atoms with E-state index in [0.717, 1.165) is 5.56 Å². The minimum Gasteiger partial charge on any atom is -0.390 e. The molecule has 0 aromatic carbocycles. The van der Waals surface area contributed by atoms with Crippen LogP contribution in [0.25, 0.3) is 0 Å². The van der Waals surface area contributed by atoms with Crippen molar-refractivity contribution in [3.63, 3.8) is 0 Å². The minimum atomic E-state index is -4.18. The molecule has 0 radical (unpaired) electrons. The van der Waals surface area contributed by atoms with Crippen molar-refractivity contribution < 1.29 is 27.4 Å². The normalized spacial score (nSPS) is 13.9. The summed E-state index contributed by atoms with van der Waals surface area (Å²) in [6.07, 6.45) is -1.57. The van der Waals surface area contributed by atoms with E-state index in [-0.39, 0.29) is 6.42 Å². The summed E-state index contributed by atoms with van der Waals surface area (Å²) in [6.45, 7) is -1.83. The fraction of sp³-hybridized carbons (Fsp3) is 0.545. The predicted molar refractivity (Wildman–Crippen MR) is 55.7 cm³/mol. The highest BCUT2D eigenvalue weighted by atomic mass is 19.3. The van der Waals surface area contributed by atoms with E-state index in [1.54, 1.807) is 12.1 Å². The van der Waals surface area contributed by atoms with E-state index in [4.69, 9.17) is 0 Å². The van der Waals surface area contributed by atoms with Gasteiger partial charge in [0.2, 0.25) is 0 Å². The Morgan fingerprint density at radius 2 is 1.89 bits per heavy atom. The van der Waals surface area contributed by atoms with Crippen LogP contribution in [0.15, 0.2) is 24.5 Å². The zero-order valence-corrected chi connectivity index (χ0v) is 9.40. The van der Waals surface area contributed by atoms with E-state index in [0.29, 0.717) is 0 Å². The smallest absolute Gasteiger partial charge is 0.330 e. The minimum absolute atomic E-state index is 0.183. The second-order valence-electron chi connectivity index (χ2n) is 3.79. The van der Waals surface area contributed by atoms with Gasteiger partial charge in [-0.25, -0.2) is 8.78 Å². The number of alkyl halides is 4. The van der Waals surface area contributed by atoms with Crippen molar-refractivity contribution in [2.45, 2.75) is 24.9 Å². The first-order valence-corrected chi connectivity index (χ1v) is 5.22. The van der Waals surface area contributed by atoms with E-state index in [1.807, 2.05) is 0 Å². The summed E-state index contributed by atoms with van der Waals surface area (Å²) >= 11 is 0. The van der Waals surface area contributed by atoms with Crippen molar-refractivity contribution in [3.8, 4) is 0 Å². The van der Waals surface area contributed by atoms with Crippen LogP contribution in [0.1, 0.15) is 5.56 Å². The fourth-order valence-electron chi connectivity index (χ4n) is 1.24. The molecule has 18 heavy (non-hydrogen) atoms. The van der Waals surface area contributed by atoms with Crippen molar-refractivity contribution in [3.05, 3.63) is 30.1 Å². The fourth-order valence-corrected chi connectivity index (χ4v) is 1.24. The molecule has 1 aromatic heterocycles. The molecule has 102 valence electrons. The Hall–Kier alpha value is -1.21. The summed E-state index contributed by atoms with van der Waals surface area (Å²) in [5.41, 5.74) is 0.752. The molecule has 7 heteroatoms. The van der Waals surface area contributed by atoms with E-state index in [9.17, 15) is 22.7 Å². The largest absolute Gasteiger partial charge is 0.390 e. The quantitative estimate of drug-likeness (QED) is 0.767. The first-order valence-electron chi connectivity index (χ1n) is 5.22. The van der Waals surface area contributed by atoms with Crippen LogP contribution in [0.5, 0.6) is 0 Å². The summed E-state index contributed by atoms with van der Waals surface area (Å²) in [7, 11) is 0. The number of aliphatic hydroxyl groups is 1. The standard InChI is InChI=1S/C11H13F4NO2/c12-10(13)11(14,15)7-18-6-9(17)5-8-1-3-16-4-2-8/h1-4,9-10,17H,5-7H2. The molecule has 0 fully saturated rings. The molecular formula is C11H13F4NO2. The topological polar surface area (TPSA) is 42.4 Å². The maximum atomic E-state index is 12.5. The number of nitrogens with zero attached hydrogens (tertiary/aromatic N) is 1. The second kappa shape index (κ2) is 6.65. The number of rotatable bonds is 7. The molecular weight excluding hydrogens is 254 g/mol. The second-order valence-corrected chi connectivity index (χ2v) is 3.79. The monoisotopic (exact) mass is 267 g/mol. The molecule has 0 aliphatic rings. The molecule has 0 bridgehead atoms. The van der Waals surface area contributed by atoms with Gasteiger partial charge in [-0.05, 0) is 17.7 Å². The SMILES string of the molecule is OC(COCC(F)(F)C(F)F)Cc1ccncc1. The van der Waals surface area contributed by atoms with Crippen molar-refractivity contribution in [2.24, 2.45) is 0 Å². The molecule has 0 spiro atoms. The van der Waals surface area contributed by atoms with E-state index in [2.05, 4.69) is 9.72 Å². The summed E-state index contributed by atoms with van der Waals surface area (Å²) in [5.74, 6) is -4.18. The van der Waals surface area contributed by atoms with E-state index < -0.39 is 31.7 Å². The predicted octanol–water partition coefficient (Wildman–Crippen LogP) is 1.90. The molecule has 1 aromatic rings. The molecule has 0 aliphatic heterocycles. The van der Waals surface area contributed by atoms with Gasteiger partial charge in [0.25, 0.3) is 0 Å².